The summed E-state index contributed by atoms with van der Waals surface area (Å²) in [5.41, 5.74) is 0.784. The second-order valence-corrected chi connectivity index (χ2v) is 5.66. The van der Waals surface area contributed by atoms with E-state index in [-0.39, 0.29) is 38.5 Å². The third-order valence-corrected chi connectivity index (χ3v) is 2.96. The van der Waals surface area contributed by atoms with E-state index in [1.165, 1.54) is 0 Å². The van der Waals surface area contributed by atoms with E-state index in [9.17, 15) is 14.4 Å². The Labute approximate surface area is 141 Å². The van der Waals surface area contributed by atoms with Gasteiger partial charge in [-0.25, -0.2) is 14.5 Å². The lowest BCUT2D eigenvalue weighted by atomic mass is 10.2. The quantitative estimate of drug-likeness (QED) is 0.782. The molecule has 0 aliphatic rings. The topological polar surface area (TPSA) is 93.1 Å². The molecule has 0 heterocycles. The maximum atomic E-state index is 12.1. The molecule has 0 spiro atoms. The number of imide groups is 1. The Balaban J connectivity index is 2.61. The first-order chi connectivity index (χ1) is 11.4. The number of hydrogen-bond donors (Lipinski definition) is 1. The molecule has 1 aromatic carbocycles. The van der Waals surface area contributed by atoms with Gasteiger partial charge in [0.25, 0.3) is 0 Å². The van der Waals surface area contributed by atoms with Crippen LogP contribution in [0, 0.1) is 5.92 Å². The van der Waals surface area contributed by atoms with Gasteiger partial charge in [0.15, 0.2) is 0 Å². The summed E-state index contributed by atoms with van der Waals surface area (Å²) in [6.07, 6.45) is -1.70. The Morgan fingerprint density at radius 1 is 1.08 bits per heavy atom. The number of nitrogens with zero attached hydrogens (tertiary/aromatic N) is 1. The third kappa shape index (κ3) is 7.62. The van der Waals surface area contributed by atoms with Crippen molar-refractivity contribution < 1.29 is 29.0 Å². The first kappa shape index (κ1) is 19.5. The average molecular weight is 337 g/mol. The zero-order valence-corrected chi connectivity index (χ0v) is 13.9. The molecule has 0 saturated carbocycles. The molecule has 0 atom stereocenters. The van der Waals surface area contributed by atoms with Gasteiger partial charge in [0, 0.05) is 13.0 Å². The Morgan fingerprint density at radius 3 is 2.29 bits per heavy atom. The van der Waals surface area contributed by atoms with Gasteiger partial charge in [-0.1, -0.05) is 44.2 Å². The number of aliphatic carboxylic acids is 1. The van der Waals surface area contributed by atoms with E-state index >= 15 is 0 Å². The van der Waals surface area contributed by atoms with Crippen LogP contribution in [0.25, 0.3) is 0 Å². The summed E-state index contributed by atoms with van der Waals surface area (Å²) in [5, 5.41) is 8.68. The summed E-state index contributed by atoms with van der Waals surface area (Å²) in [5.74, 6) is -0.877. The molecular weight excluding hydrogens is 314 g/mol. The van der Waals surface area contributed by atoms with Crippen molar-refractivity contribution in [2.45, 2.75) is 33.3 Å². The fraction of sp³-hybridized carbons (Fsp3) is 0.471. The van der Waals surface area contributed by atoms with Crippen LogP contribution in [0.5, 0.6) is 0 Å². The maximum Gasteiger partial charge on any atom is 0.419 e. The normalized spacial score (nSPS) is 10.3. The minimum absolute atomic E-state index is 0.0204. The lowest BCUT2D eigenvalue weighted by molar-refractivity contribution is -0.137. The van der Waals surface area contributed by atoms with E-state index in [1.807, 2.05) is 32.0 Å². The monoisotopic (exact) mass is 337 g/mol. The second-order valence-electron chi connectivity index (χ2n) is 5.66. The summed E-state index contributed by atoms with van der Waals surface area (Å²) < 4.78 is 10.1. The molecule has 7 heteroatoms. The van der Waals surface area contributed by atoms with Crippen molar-refractivity contribution in [1.82, 2.24) is 4.90 Å². The molecule has 1 aromatic rings. The van der Waals surface area contributed by atoms with Crippen LogP contribution in [0.2, 0.25) is 0 Å². The van der Waals surface area contributed by atoms with Crippen LogP contribution in [0.15, 0.2) is 30.3 Å². The lowest BCUT2D eigenvalue weighted by Gasteiger charge is -2.20. The van der Waals surface area contributed by atoms with Crippen molar-refractivity contribution in [2.75, 3.05) is 13.2 Å². The summed E-state index contributed by atoms with van der Waals surface area (Å²) >= 11 is 0. The van der Waals surface area contributed by atoms with Gasteiger partial charge in [0.1, 0.15) is 6.61 Å². The van der Waals surface area contributed by atoms with Gasteiger partial charge in [-0.2, -0.15) is 0 Å². The standard InChI is InChI=1S/C17H23NO6/c1-13(2)11-23-16(21)18(10-6-9-15(19)20)17(22)24-12-14-7-4-3-5-8-14/h3-5,7-8,13H,6,9-12H2,1-2H3,(H,19,20). The van der Waals surface area contributed by atoms with Gasteiger partial charge in [-0.15, -0.1) is 0 Å². The van der Waals surface area contributed by atoms with Crippen LogP contribution in [0.4, 0.5) is 9.59 Å². The lowest BCUT2D eigenvalue weighted by Crippen LogP contribution is -2.39. The number of hydrogen-bond acceptors (Lipinski definition) is 5. The van der Waals surface area contributed by atoms with E-state index in [1.54, 1.807) is 12.1 Å². The van der Waals surface area contributed by atoms with E-state index < -0.39 is 18.2 Å². The molecular formula is C17H23NO6. The summed E-state index contributed by atoms with van der Waals surface area (Å²) in [4.78, 5) is 35.6. The first-order valence-electron chi connectivity index (χ1n) is 7.77. The van der Waals surface area contributed by atoms with E-state index in [0.29, 0.717) is 0 Å². The van der Waals surface area contributed by atoms with Crippen molar-refractivity contribution in [3.05, 3.63) is 35.9 Å². The van der Waals surface area contributed by atoms with Gasteiger partial charge in [-0.3, -0.25) is 4.79 Å². The molecule has 0 radical (unpaired) electrons. The average Bonchev–Trinajstić information content (AvgIpc) is 2.55. The number of amides is 2. The fourth-order valence-electron chi connectivity index (χ4n) is 1.76. The van der Waals surface area contributed by atoms with Crippen LogP contribution in [0.3, 0.4) is 0 Å². The number of carbonyl (C=O) groups excluding carboxylic acids is 2. The van der Waals surface area contributed by atoms with Crippen LogP contribution >= 0.6 is 0 Å². The van der Waals surface area contributed by atoms with Gasteiger partial charge in [-0.05, 0) is 17.9 Å². The Kier molecular flexibility index (Phi) is 8.32. The molecule has 2 amide bonds. The van der Waals surface area contributed by atoms with Crippen LogP contribution < -0.4 is 0 Å². The highest BCUT2D eigenvalue weighted by Crippen LogP contribution is 2.07. The largest absolute Gasteiger partial charge is 0.481 e. The Bertz CT molecular complexity index is 543. The number of carboxylic acid groups (broad SMARTS) is 1. The van der Waals surface area contributed by atoms with Gasteiger partial charge < -0.3 is 14.6 Å². The highest BCUT2D eigenvalue weighted by molar-refractivity contribution is 5.87. The minimum Gasteiger partial charge on any atom is -0.481 e. The molecule has 0 aliphatic heterocycles. The smallest absolute Gasteiger partial charge is 0.419 e. The van der Waals surface area contributed by atoms with E-state index in [4.69, 9.17) is 14.6 Å². The van der Waals surface area contributed by atoms with Crippen LogP contribution in [0.1, 0.15) is 32.3 Å². The van der Waals surface area contributed by atoms with Crippen LogP contribution in [-0.4, -0.2) is 41.3 Å². The molecule has 1 rings (SSSR count). The molecule has 24 heavy (non-hydrogen) atoms. The molecule has 0 aromatic heterocycles. The molecule has 0 unspecified atom stereocenters. The Morgan fingerprint density at radius 2 is 1.71 bits per heavy atom. The first-order valence-corrected chi connectivity index (χ1v) is 7.77. The number of carboxylic acids is 1. The van der Waals surface area contributed by atoms with Gasteiger partial charge in [0.2, 0.25) is 0 Å². The second kappa shape index (κ2) is 10.3. The SMILES string of the molecule is CC(C)COC(=O)N(CCCC(=O)O)C(=O)OCc1ccccc1. The van der Waals surface area contributed by atoms with Crippen molar-refractivity contribution >= 4 is 18.2 Å². The molecule has 0 aliphatic carbocycles. The maximum absolute atomic E-state index is 12.1. The highest BCUT2D eigenvalue weighted by Gasteiger charge is 2.24. The molecule has 0 saturated heterocycles. The van der Waals surface area contributed by atoms with Crippen LogP contribution in [-0.2, 0) is 20.9 Å². The zero-order chi connectivity index (χ0) is 17.9. The summed E-state index contributed by atoms with van der Waals surface area (Å²) in [6.45, 7) is 3.86. The minimum atomic E-state index is -0.997. The van der Waals surface area contributed by atoms with Gasteiger partial charge >= 0.3 is 18.2 Å². The van der Waals surface area contributed by atoms with Crippen molar-refractivity contribution in [1.29, 1.82) is 0 Å². The predicted octanol–water partition coefficient (Wildman–Crippen LogP) is 3.28. The van der Waals surface area contributed by atoms with Crippen molar-refractivity contribution in [3.8, 4) is 0 Å². The zero-order valence-electron chi connectivity index (χ0n) is 13.9. The number of ether oxygens (including phenoxy) is 2. The summed E-state index contributed by atoms with van der Waals surface area (Å²) in [7, 11) is 0. The van der Waals surface area contributed by atoms with Crippen molar-refractivity contribution in [3.63, 3.8) is 0 Å². The number of carbonyl (C=O) groups is 3. The third-order valence-electron chi connectivity index (χ3n) is 2.96. The molecule has 0 bridgehead atoms. The molecule has 0 fully saturated rings. The Hall–Kier alpha value is -2.57. The number of benzene rings is 1. The molecule has 1 N–H and O–H groups in total. The summed E-state index contributed by atoms with van der Waals surface area (Å²) in [6, 6.07) is 9.04. The van der Waals surface area contributed by atoms with E-state index in [0.717, 1.165) is 10.5 Å². The molecule has 132 valence electrons. The predicted molar refractivity (Wildman–Crippen MR) is 86.4 cm³/mol. The fourth-order valence-corrected chi connectivity index (χ4v) is 1.76. The molecule has 7 nitrogen and oxygen atoms in total. The van der Waals surface area contributed by atoms with E-state index in [2.05, 4.69) is 0 Å². The van der Waals surface area contributed by atoms with Crippen molar-refractivity contribution in [2.24, 2.45) is 5.92 Å². The highest BCUT2D eigenvalue weighted by atomic mass is 16.6. The van der Waals surface area contributed by atoms with Gasteiger partial charge in [0.05, 0.1) is 6.61 Å². The number of rotatable bonds is 8.